The Morgan fingerprint density at radius 2 is 1.65 bits per heavy atom. The van der Waals surface area contributed by atoms with Crippen molar-refractivity contribution in [3.63, 3.8) is 0 Å². The van der Waals surface area contributed by atoms with Gasteiger partial charge >= 0.3 is 0 Å². The van der Waals surface area contributed by atoms with E-state index in [0.717, 1.165) is 81.4 Å². The van der Waals surface area contributed by atoms with E-state index in [0.29, 0.717) is 24.9 Å². The van der Waals surface area contributed by atoms with Crippen molar-refractivity contribution in [1.29, 1.82) is 0 Å². The number of carbonyl (C=O) groups excluding carboxylic acids is 1. The lowest BCUT2D eigenvalue weighted by Gasteiger charge is -2.38. The van der Waals surface area contributed by atoms with Crippen LogP contribution in [0.1, 0.15) is 126 Å². The van der Waals surface area contributed by atoms with Crippen LogP contribution in [0.3, 0.4) is 0 Å². The number of benzene rings is 3. The molecule has 3 aromatic rings. The number of nitrogens with zero attached hydrogens (tertiary/aromatic N) is 1. The third-order valence-electron chi connectivity index (χ3n) is 13.7. The number of rotatable bonds is 17. The fourth-order valence-electron chi connectivity index (χ4n) is 10.1. The number of amidine groups is 1. The highest BCUT2D eigenvalue weighted by molar-refractivity contribution is 6.06. The summed E-state index contributed by atoms with van der Waals surface area (Å²) < 4.78 is 6.57. The Kier molecular flexibility index (Phi) is 13.5. The molecule has 1 aliphatic heterocycles. The maximum atomic E-state index is 13.3. The van der Waals surface area contributed by atoms with Crippen LogP contribution in [0, 0.1) is 17.8 Å². The zero-order valence-electron chi connectivity index (χ0n) is 36.1. The van der Waals surface area contributed by atoms with E-state index in [1.54, 1.807) is 6.08 Å². The summed E-state index contributed by atoms with van der Waals surface area (Å²) in [6.45, 7) is 7.59. The number of ether oxygens (including phenoxy) is 1. The third-order valence-corrected chi connectivity index (χ3v) is 13.7. The smallest absolute Gasteiger partial charge is 0.228 e. The van der Waals surface area contributed by atoms with Gasteiger partial charge in [0.2, 0.25) is 6.35 Å². The third kappa shape index (κ3) is 8.56. The molecule has 5 atom stereocenters. The molecule has 6 heteroatoms. The summed E-state index contributed by atoms with van der Waals surface area (Å²) in [5.74, 6) is 2.40. The molecule has 0 bridgehead atoms. The van der Waals surface area contributed by atoms with E-state index >= 15 is 0 Å². The quantitative estimate of drug-likeness (QED) is 0.118. The van der Waals surface area contributed by atoms with Crippen LogP contribution in [0.15, 0.2) is 131 Å². The topological polar surface area (TPSA) is 83.0 Å². The van der Waals surface area contributed by atoms with Gasteiger partial charge in [0.1, 0.15) is 11.7 Å². The molecular formula is C54H65N3O3. The molecule has 5 aliphatic rings. The maximum Gasteiger partial charge on any atom is 0.228 e. The highest BCUT2D eigenvalue weighted by atomic mass is 16.5. The summed E-state index contributed by atoms with van der Waals surface area (Å²) >= 11 is 0. The van der Waals surface area contributed by atoms with E-state index in [1.807, 2.05) is 6.08 Å². The standard InChI is InChI=1S/C54H65N3O3/c1-4-7-16-37(6-3)36-60-53-56-51(55-52(57-53)45-22-14-15-23-50(45)59)42-28-31-48-46(33-42)47-32-40-18-12-13-19-41(40)34-49(47)54(48,43-20-10-9-11-21-43)44-29-26-38(27-30-44)24-25-39(35-58)17-8-5-2/h10,12-13,15,18-21,23,26-27,29-34,37,39,42,53,57-58H,4-9,11,14,16-17,22,24-25,28,35-36H2,1-3H3,(H,55,56). The number of fused-ring (bicyclic) bond motifs is 4. The van der Waals surface area contributed by atoms with Gasteiger partial charge in [-0.15, -0.1) is 0 Å². The minimum absolute atomic E-state index is 0.0376. The number of hydrogen-bond acceptors (Lipinski definition) is 6. The van der Waals surface area contributed by atoms with E-state index in [9.17, 15) is 9.90 Å². The van der Waals surface area contributed by atoms with Crippen LogP contribution in [0.4, 0.5) is 0 Å². The molecule has 8 rings (SSSR count). The van der Waals surface area contributed by atoms with Gasteiger partial charge in [-0.25, -0.2) is 4.99 Å². The Labute approximate surface area is 358 Å². The first-order chi connectivity index (χ1) is 29.5. The maximum absolute atomic E-state index is 13.3. The molecule has 60 heavy (non-hydrogen) atoms. The highest BCUT2D eigenvalue weighted by Crippen LogP contribution is 2.60. The number of aliphatic hydroxyl groups is 1. The second-order valence-corrected chi connectivity index (χ2v) is 17.6. The average Bonchev–Trinajstić information content (AvgIpc) is 3.58. The van der Waals surface area contributed by atoms with Crippen LogP contribution in [0.25, 0.3) is 16.3 Å². The van der Waals surface area contributed by atoms with Crippen LogP contribution < -0.4 is 10.6 Å². The fraction of sp³-hybridized carbons (Fsp3) is 0.444. The first kappa shape index (κ1) is 41.9. The summed E-state index contributed by atoms with van der Waals surface area (Å²) in [7, 11) is 0. The molecule has 0 radical (unpaired) electrons. The SMILES string of the molecule is CCCCC(CO)CCc1ccc(C2(C3=CCCC=C3)C3=CCC(C4=NC(OCC(CC)CCCC)NC(=C5CCC=CC5=O)N4)C=C3c3cc4ccccc4cc32)cc1. The zero-order chi connectivity index (χ0) is 41.5. The number of allylic oxidation sites excluding steroid dienone is 10. The lowest BCUT2D eigenvalue weighted by molar-refractivity contribution is -0.111. The number of carbonyl (C=O) groups is 1. The fourth-order valence-corrected chi connectivity index (χ4v) is 10.1. The van der Waals surface area contributed by atoms with Gasteiger partial charge in [-0.3, -0.25) is 4.79 Å². The summed E-state index contributed by atoms with van der Waals surface area (Å²) in [5, 5.41) is 19.7. The molecule has 0 saturated carbocycles. The summed E-state index contributed by atoms with van der Waals surface area (Å²) in [6.07, 6.45) is 29.5. The second-order valence-electron chi connectivity index (χ2n) is 17.6. The van der Waals surface area contributed by atoms with Crippen LogP contribution in [0.2, 0.25) is 0 Å². The van der Waals surface area contributed by atoms with Crippen molar-refractivity contribution >= 4 is 28.0 Å². The minimum atomic E-state index is -0.573. The van der Waals surface area contributed by atoms with Gasteiger partial charge in [-0.05, 0) is 138 Å². The number of unbranched alkanes of at least 4 members (excludes halogenated alkanes) is 2. The summed E-state index contributed by atoms with van der Waals surface area (Å²) in [6, 6.07) is 23.1. The van der Waals surface area contributed by atoms with Gasteiger partial charge in [-0.2, -0.15) is 0 Å². The molecule has 0 amide bonds. The van der Waals surface area contributed by atoms with Gasteiger partial charge in [0.25, 0.3) is 0 Å². The predicted octanol–water partition coefficient (Wildman–Crippen LogP) is 11.7. The monoisotopic (exact) mass is 804 g/mol. The lowest BCUT2D eigenvalue weighted by Crippen LogP contribution is -2.48. The molecule has 0 fully saturated rings. The largest absolute Gasteiger partial charge is 0.396 e. The number of hydrogen-bond donors (Lipinski definition) is 3. The molecule has 0 saturated heterocycles. The van der Waals surface area contributed by atoms with E-state index in [2.05, 4.69) is 122 Å². The van der Waals surface area contributed by atoms with Crippen molar-refractivity contribution in [2.75, 3.05) is 13.2 Å². The van der Waals surface area contributed by atoms with Crippen molar-refractivity contribution in [2.45, 2.75) is 122 Å². The molecule has 5 unspecified atom stereocenters. The Bertz CT molecular complexity index is 2250. The number of aryl methyl sites for hydroxylation is 1. The highest BCUT2D eigenvalue weighted by Gasteiger charge is 2.50. The van der Waals surface area contributed by atoms with Crippen LogP contribution in [-0.4, -0.2) is 36.3 Å². The van der Waals surface area contributed by atoms with Crippen molar-refractivity contribution in [2.24, 2.45) is 22.7 Å². The van der Waals surface area contributed by atoms with Gasteiger partial charge in [0, 0.05) is 18.1 Å². The van der Waals surface area contributed by atoms with E-state index in [1.165, 1.54) is 69.0 Å². The normalized spacial score (nSPS) is 24.4. The Balaban J connectivity index is 1.20. The Morgan fingerprint density at radius 1 is 0.883 bits per heavy atom. The van der Waals surface area contributed by atoms with E-state index < -0.39 is 11.8 Å². The van der Waals surface area contributed by atoms with Crippen LogP contribution in [-0.2, 0) is 21.4 Å². The Hall–Kier alpha value is -4.78. The van der Waals surface area contributed by atoms with Crippen molar-refractivity contribution in [3.8, 4) is 0 Å². The predicted molar refractivity (Wildman–Crippen MR) is 247 cm³/mol. The number of aliphatic imine (C=N–C) groups is 1. The molecule has 4 aliphatic carbocycles. The number of ketones is 1. The van der Waals surface area contributed by atoms with Crippen molar-refractivity contribution in [3.05, 3.63) is 148 Å². The molecule has 0 aromatic heterocycles. The molecule has 6 nitrogen and oxygen atoms in total. The van der Waals surface area contributed by atoms with Gasteiger partial charge < -0.3 is 20.5 Å². The second kappa shape index (κ2) is 19.3. The molecule has 3 aromatic carbocycles. The Morgan fingerprint density at radius 3 is 2.37 bits per heavy atom. The molecular weight excluding hydrogens is 739 g/mol. The summed E-state index contributed by atoms with van der Waals surface area (Å²) in [5.41, 5.74) is 9.42. The van der Waals surface area contributed by atoms with Crippen molar-refractivity contribution < 1.29 is 14.6 Å². The van der Waals surface area contributed by atoms with Gasteiger partial charge in [-0.1, -0.05) is 138 Å². The molecule has 0 spiro atoms. The molecule has 314 valence electrons. The molecule has 3 N–H and O–H groups in total. The average molecular weight is 804 g/mol. The van der Waals surface area contributed by atoms with Crippen LogP contribution >= 0.6 is 0 Å². The minimum Gasteiger partial charge on any atom is -0.396 e. The number of nitrogens with one attached hydrogen (secondary N) is 2. The van der Waals surface area contributed by atoms with Gasteiger partial charge in [0.05, 0.1) is 12.0 Å². The summed E-state index contributed by atoms with van der Waals surface area (Å²) in [4.78, 5) is 18.5. The van der Waals surface area contributed by atoms with Crippen molar-refractivity contribution in [1.82, 2.24) is 10.6 Å². The van der Waals surface area contributed by atoms with Crippen LogP contribution in [0.5, 0.6) is 0 Å². The van der Waals surface area contributed by atoms with E-state index in [-0.39, 0.29) is 18.3 Å². The van der Waals surface area contributed by atoms with E-state index in [4.69, 9.17) is 9.73 Å². The van der Waals surface area contributed by atoms with Gasteiger partial charge in [0.15, 0.2) is 5.78 Å². The first-order valence-corrected chi connectivity index (χ1v) is 23.2. The lowest BCUT2D eigenvalue weighted by atomic mass is 9.64. The first-order valence-electron chi connectivity index (χ1n) is 23.2. The zero-order valence-corrected chi connectivity index (χ0v) is 36.1. The number of aliphatic hydroxyl groups excluding tert-OH is 1. The molecule has 1 heterocycles.